The van der Waals surface area contributed by atoms with Crippen LogP contribution in [0, 0.1) is 11.3 Å². The van der Waals surface area contributed by atoms with Crippen LogP contribution in [-0.2, 0) is 0 Å². The number of hydrogen-bond donors (Lipinski definition) is 2. The van der Waals surface area contributed by atoms with Crippen molar-refractivity contribution >= 4 is 17.4 Å². The smallest absolute Gasteiger partial charge is 0.102 e. The van der Waals surface area contributed by atoms with E-state index < -0.39 is 0 Å². The van der Waals surface area contributed by atoms with Crippen LogP contribution >= 0.6 is 11.8 Å². The zero-order valence-corrected chi connectivity index (χ0v) is 12.9. The van der Waals surface area contributed by atoms with Gasteiger partial charge >= 0.3 is 0 Å². The number of nitrogens with zero attached hydrogens (tertiary/aromatic N) is 1. The van der Waals surface area contributed by atoms with Crippen molar-refractivity contribution in [1.82, 2.24) is 0 Å². The molecule has 3 N–H and O–H groups in total. The van der Waals surface area contributed by atoms with E-state index >= 15 is 0 Å². The van der Waals surface area contributed by atoms with E-state index in [2.05, 4.69) is 11.4 Å². The molecule has 0 aliphatic rings. The SMILES string of the molecule is CSc1cccc(NCCC(N)c2ccccc2)c1C#N. The Labute approximate surface area is 130 Å². The monoisotopic (exact) mass is 297 g/mol. The van der Waals surface area contributed by atoms with Gasteiger partial charge in [0.25, 0.3) is 0 Å². The summed E-state index contributed by atoms with van der Waals surface area (Å²) in [6.45, 7) is 0.739. The van der Waals surface area contributed by atoms with Crippen molar-refractivity contribution in [2.24, 2.45) is 5.73 Å². The van der Waals surface area contributed by atoms with Gasteiger partial charge < -0.3 is 11.1 Å². The Hall–Kier alpha value is -1.96. The highest BCUT2D eigenvalue weighted by atomic mass is 32.2. The summed E-state index contributed by atoms with van der Waals surface area (Å²) in [6, 6.07) is 18.2. The molecule has 0 saturated carbocycles. The minimum atomic E-state index is 0.00738. The second kappa shape index (κ2) is 7.72. The van der Waals surface area contributed by atoms with Crippen LogP contribution < -0.4 is 11.1 Å². The lowest BCUT2D eigenvalue weighted by Crippen LogP contribution is -2.15. The number of hydrogen-bond acceptors (Lipinski definition) is 4. The van der Waals surface area contributed by atoms with Crippen LogP contribution in [0.4, 0.5) is 5.69 Å². The maximum Gasteiger partial charge on any atom is 0.102 e. The van der Waals surface area contributed by atoms with Crippen molar-refractivity contribution < 1.29 is 0 Å². The highest BCUT2D eigenvalue weighted by molar-refractivity contribution is 7.98. The van der Waals surface area contributed by atoms with Gasteiger partial charge in [0.15, 0.2) is 0 Å². The standard InChI is InChI=1S/C17H19N3S/c1-21-17-9-5-8-16(14(17)12-18)20-11-10-15(19)13-6-3-2-4-7-13/h2-9,15,20H,10-11,19H2,1H3. The number of benzene rings is 2. The van der Waals surface area contributed by atoms with E-state index in [-0.39, 0.29) is 6.04 Å². The van der Waals surface area contributed by atoms with Gasteiger partial charge in [-0.3, -0.25) is 0 Å². The molecule has 108 valence electrons. The van der Waals surface area contributed by atoms with E-state index in [4.69, 9.17) is 5.73 Å². The second-order valence-corrected chi connectivity index (χ2v) is 5.58. The molecule has 0 amide bonds. The van der Waals surface area contributed by atoms with Crippen LogP contribution in [0.25, 0.3) is 0 Å². The summed E-state index contributed by atoms with van der Waals surface area (Å²) in [5, 5.41) is 12.6. The van der Waals surface area contributed by atoms with Crippen molar-refractivity contribution in [3.05, 3.63) is 59.7 Å². The summed E-state index contributed by atoms with van der Waals surface area (Å²) in [6.07, 6.45) is 2.80. The maximum absolute atomic E-state index is 9.29. The molecule has 0 aromatic heterocycles. The summed E-state index contributed by atoms with van der Waals surface area (Å²) in [4.78, 5) is 0.995. The summed E-state index contributed by atoms with van der Waals surface area (Å²) < 4.78 is 0. The lowest BCUT2D eigenvalue weighted by molar-refractivity contribution is 0.675. The van der Waals surface area contributed by atoms with Crippen molar-refractivity contribution in [3.63, 3.8) is 0 Å². The third-order valence-electron chi connectivity index (χ3n) is 3.36. The number of nitrogens with one attached hydrogen (secondary N) is 1. The van der Waals surface area contributed by atoms with E-state index in [1.54, 1.807) is 11.8 Å². The molecule has 4 heteroatoms. The first-order valence-corrected chi connectivity index (χ1v) is 8.10. The molecule has 0 aliphatic heterocycles. The lowest BCUT2D eigenvalue weighted by Gasteiger charge is -2.14. The average molecular weight is 297 g/mol. The Kier molecular flexibility index (Phi) is 5.68. The Balaban J connectivity index is 1.97. The highest BCUT2D eigenvalue weighted by Gasteiger charge is 2.08. The minimum absolute atomic E-state index is 0.00738. The van der Waals surface area contributed by atoms with Gasteiger partial charge in [0.05, 0.1) is 11.3 Å². The largest absolute Gasteiger partial charge is 0.384 e. The van der Waals surface area contributed by atoms with Crippen LogP contribution in [0.1, 0.15) is 23.6 Å². The third-order valence-corrected chi connectivity index (χ3v) is 4.14. The summed E-state index contributed by atoms with van der Waals surface area (Å²) >= 11 is 1.58. The first kappa shape index (κ1) is 15.4. The molecule has 0 bridgehead atoms. The van der Waals surface area contributed by atoms with Gasteiger partial charge in [0, 0.05) is 17.5 Å². The van der Waals surface area contributed by atoms with Crippen LogP contribution in [0.2, 0.25) is 0 Å². The molecule has 2 aromatic rings. The third kappa shape index (κ3) is 4.01. The van der Waals surface area contributed by atoms with Crippen LogP contribution in [0.15, 0.2) is 53.4 Å². The fourth-order valence-corrected chi connectivity index (χ4v) is 2.77. The normalized spacial score (nSPS) is 11.7. The van der Waals surface area contributed by atoms with Gasteiger partial charge in [-0.25, -0.2) is 0 Å². The van der Waals surface area contributed by atoms with E-state index in [1.807, 2.05) is 54.8 Å². The molecule has 1 unspecified atom stereocenters. The predicted octanol–water partition coefficient (Wildman–Crippen LogP) is 3.78. The van der Waals surface area contributed by atoms with Gasteiger partial charge in [-0.1, -0.05) is 36.4 Å². The van der Waals surface area contributed by atoms with Crippen LogP contribution in [-0.4, -0.2) is 12.8 Å². The zero-order chi connectivity index (χ0) is 15.1. The molecule has 0 fully saturated rings. The highest BCUT2D eigenvalue weighted by Crippen LogP contribution is 2.26. The Morgan fingerprint density at radius 3 is 2.62 bits per heavy atom. The predicted molar refractivity (Wildman–Crippen MR) is 89.4 cm³/mol. The van der Waals surface area contributed by atoms with Crippen LogP contribution in [0.3, 0.4) is 0 Å². The maximum atomic E-state index is 9.29. The Morgan fingerprint density at radius 2 is 1.95 bits per heavy atom. The number of nitrogens with two attached hydrogens (primary N) is 1. The Bertz CT molecular complexity index is 620. The number of rotatable bonds is 6. The minimum Gasteiger partial charge on any atom is -0.384 e. The van der Waals surface area contributed by atoms with E-state index in [1.165, 1.54) is 0 Å². The van der Waals surface area contributed by atoms with Gasteiger partial charge in [-0.15, -0.1) is 11.8 Å². The van der Waals surface area contributed by atoms with Crippen LogP contribution in [0.5, 0.6) is 0 Å². The molecule has 0 spiro atoms. The molecular formula is C17H19N3S. The molecule has 0 heterocycles. The van der Waals surface area contributed by atoms with Gasteiger partial charge in [-0.2, -0.15) is 5.26 Å². The van der Waals surface area contributed by atoms with Crippen molar-refractivity contribution in [2.75, 3.05) is 18.1 Å². The first-order valence-electron chi connectivity index (χ1n) is 6.87. The first-order chi connectivity index (χ1) is 10.3. The summed E-state index contributed by atoms with van der Waals surface area (Å²) in [5.41, 5.74) is 8.90. The molecule has 2 rings (SSSR count). The quantitative estimate of drug-likeness (QED) is 0.796. The molecule has 0 radical (unpaired) electrons. The number of nitriles is 1. The van der Waals surface area contributed by atoms with Gasteiger partial charge in [0.1, 0.15) is 6.07 Å². The fraction of sp³-hybridized carbons (Fsp3) is 0.235. The van der Waals surface area contributed by atoms with Gasteiger partial charge in [0.2, 0.25) is 0 Å². The van der Waals surface area contributed by atoms with Crippen molar-refractivity contribution in [3.8, 4) is 6.07 Å². The molecule has 2 aromatic carbocycles. The summed E-state index contributed by atoms with van der Waals surface area (Å²) in [5.74, 6) is 0. The topological polar surface area (TPSA) is 61.8 Å². The Morgan fingerprint density at radius 1 is 1.19 bits per heavy atom. The molecule has 3 nitrogen and oxygen atoms in total. The molecule has 0 saturated heterocycles. The van der Waals surface area contributed by atoms with Crippen molar-refractivity contribution in [2.45, 2.75) is 17.4 Å². The van der Waals surface area contributed by atoms with E-state index in [0.29, 0.717) is 5.56 Å². The van der Waals surface area contributed by atoms with Crippen molar-refractivity contribution in [1.29, 1.82) is 5.26 Å². The van der Waals surface area contributed by atoms with E-state index in [9.17, 15) is 5.26 Å². The fourth-order valence-electron chi connectivity index (χ4n) is 2.19. The number of thioether (sulfide) groups is 1. The molecule has 21 heavy (non-hydrogen) atoms. The summed E-state index contributed by atoms with van der Waals surface area (Å²) in [7, 11) is 0. The average Bonchev–Trinajstić information content (AvgIpc) is 2.55. The molecule has 0 aliphatic carbocycles. The van der Waals surface area contributed by atoms with E-state index in [0.717, 1.165) is 29.1 Å². The lowest BCUT2D eigenvalue weighted by atomic mass is 10.0. The number of anilines is 1. The molecular weight excluding hydrogens is 278 g/mol. The van der Waals surface area contributed by atoms with Gasteiger partial charge in [-0.05, 0) is 30.4 Å². The second-order valence-electron chi connectivity index (χ2n) is 4.73. The molecule has 1 atom stereocenters. The zero-order valence-electron chi connectivity index (χ0n) is 12.0.